The molecular weight excluding hydrogens is 673 g/mol. The standard InChI is InChI=1S/C50H66N4O/c1-9-11-17-33-53-44-27-15-13-25-42(44)49(3,4)46(53)31-29-38-21-19-22-39(48(38)52(8)36-35-51(7)40-23-20-24-41(55)37-40)30-32-47-50(5,6)43-26-14-16-28-45(43)54(47)34-18-12-10-2/h13-16,20,23-32,37H,9-12,17-19,21-22,33-36H2,1-8H3/p+1. The number of anilines is 3. The first kappa shape index (κ1) is 40.2. The molecule has 5 heteroatoms. The Morgan fingerprint density at radius 3 is 1.69 bits per heavy atom. The van der Waals surface area contributed by atoms with Crippen LogP contribution in [0.4, 0.5) is 17.1 Å². The molecule has 0 amide bonds. The summed E-state index contributed by atoms with van der Waals surface area (Å²) in [5, 5.41) is 10.2. The fourth-order valence-electron chi connectivity index (χ4n) is 9.16. The molecule has 2 aliphatic heterocycles. The summed E-state index contributed by atoms with van der Waals surface area (Å²) >= 11 is 0. The van der Waals surface area contributed by atoms with Crippen LogP contribution in [0.5, 0.6) is 5.75 Å². The lowest BCUT2D eigenvalue weighted by Gasteiger charge is -2.28. The Morgan fingerprint density at radius 2 is 1.20 bits per heavy atom. The average Bonchev–Trinajstić information content (AvgIpc) is 3.53. The predicted molar refractivity (Wildman–Crippen MR) is 236 cm³/mol. The Kier molecular flexibility index (Phi) is 12.8. The second-order valence-electron chi connectivity index (χ2n) is 17.1. The number of allylic oxidation sites excluding steroid dienone is 8. The van der Waals surface area contributed by atoms with Crippen LogP contribution in [0.3, 0.4) is 0 Å². The van der Waals surface area contributed by atoms with E-state index in [1.807, 2.05) is 12.1 Å². The zero-order chi connectivity index (χ0) is 39.2. The van der Waals surface area contributed by atoms with Crippen LogP contribution in [0.2, 0.25) is 0 Å². The minimum atomic E-state index is -0.0715. The van der Waals surface area contributed by atoms with E-state index in [9.17, 15) is 5.11 Å². The van der Waals surface area contributed by atoms with E-state index in [4.69, 9.17) is 0 Å². The fraction of sp³-hybridized carbons (Fsp3) is 0.460. The summed E-state index contributed by atoms with van der Waals surface area (Å²) in [5.41, 5.74) is 13.5. The van der Waals surface area contributed by atoms with Crippen LogP contribution in [0.1, 0.15) is 110 Å². The van der Waals surface area contributed by atoms with E-state index in [-0.39, 0.29) is 10.8 Å². The third-order valence-corrected chi connectivity index (χ3v) is 12.4. The summed E-state index contributed by atoms with van der Waals surface area (Å²) in [5.74, 6) is 0.303. The molecule has 55 heavy (non-hydrogen) atoms. The van der Waals surface area contributed by atoms with Gasteiger partial charge < -0.3 is 19.8 Å². The maximum Gasteiger partial charge on any atom is 0.206 e. The van der Waals surface area contributed by atoms with Crippen molar-refractivity contribution in [1.29, 1.82) is 0 Å². The van der Waals surface area contributed by atoms with Crippen molar-refractivity contribution in [2.45, 2.75) is 110 Å². The third-order valence-electron chi connectivity index (χ3n) is 12.4. The Balaban J connectivity index is 1.42. The van der Waals surface area contributed by atoms with Gasteiger partial charge in [0, 0.05) is 76.6 Å². The quantitative estimate of drug-likeness (QED) is 0.132. The van der Waals surface area contributed by atoms with Crippen LogP contribution in [0.15, 0.2) is 120 Å². The maximum atomic E-state index is 10.2. The molecule has 0 bridgehead atoms. The normalized spacial score (nSPS) is 20.2. The highest BCUT2D eigenvalue weighted by Gasteiger charge is 2.41. The van der Waals surface area contributed by atoms with Gasteiger partial charge in [-0.05, 0) is 79.6 Å². The zero-order valence-corrected chi connectivity index (χ0v) is 35.2. The second kappa shape index (κ2) is 17.5. The molecule has 3 aliphatic rings. The molecule has 292 valence electrons. The number of phenols is 1. The van der Waals surface area contributed by atoms with E-state index in [2.05, 4.69) is 154 Å². The molecule has 6 rings (SSSR count). The second-order valence-corrected chi connectivity index (χ2v) is 17.1. The van der Waals surface area contributed by atoms with Crippen LogP contribution < -0.4 is 14.7 Å². The number of para-hydroxylation sites is 2. The summed E-state index contributed by atoms with van der Waals surface area (Å²) in [4.78, 5) is 7.45. The molecule has 1 N–H and O–H groups in total. The van der Waals surface area contributed by atoms with Crippen molar-refractivity contribution in [1.82, 2.24) is 0 Å². The number of unbranched alkanes of at least 4 members (excludes halogenated alkanes) is 4. The van der Waals surface area contributed by atoms with Crippen molar-refractivity contribution in [3.8, 4) is 5.75 Å². The topological polar surface area (TPSA) is 33.0 Å². The molecule has 0 spiro atoms. The molecule has 0 atom stereocenters. The summed E-state index contributed by atoms with van der Waals surface area (Å²) < 4.78 is 2.49. The van der Waals surface area contributed by atoms with Gasteiger partial charge in [0.15, 0.2) is 6.54 Å². The molecule has 1 aliphatic carbocycles. The predicted octanol–water partition coefficient (Wildman–Crippen LogP) is 11.7. The molecule has 3 aromatic carbocycles. The Labute approximate surface area is 333 Å². The summed E-state index contributed by atoms with van der Waals surface area (Å²) in [6.45, 7) is 18.0. The first-order chi connectivity index (χ1) is 26.5. The minimum absolute atomic E-state index is 0.0715. The number of fused-ring (bicyclic) bond motifs is 2. The lowest BCUT2D eigenvalue weighted by atomic mass is 9.82. The van der Waals surface area contributed by atoms with Crippen molar-refractivity contribution < 1.29 is 9.68 Å². The molecule has 0 radical (unpaired) electrons. The summed E-state index contributed by atoms with van der Waals surface area (Å²) in [6.07, 6.45) is 20.4. The van der Waals surface area contributed by atoms with Gasteiger partial charge in [-0.15, -0.1) is 0 Å². The van der Waals surface area contributed by atoms with Gasteiger partial charge in [-0.2, -0.15) is 0 Å². The van der Waals surface area contributed by atoms with Crippen LogP contribution >= 0.6 is 0 Å². The van der Waals surface area contributed by atoms with E-state index in [0.717, 1.165) is 51.1 Å². The summed E-state index contributed by atoms with van der Waals surface area (Å²) in [7, 11) is 4.40. The molecule has 0 aromatic heterocycles. The molecule has 1 fully saturated rings. The number of hydrogen-bond acceptors (Lipinski definition) is 4. The van der Waals surface area contributed by atoms with E-state index in [1.165, 1.54) is 89.3 Å². The Hall–Kier alpha value is -4.51. The van der Waals surface area contributed by atoms with Crippen molar-refractivity contribution in [3.63, 3.8) is 0 Å². The van der Waals surface area contributed by atoms with Gasteiger partial charge in [-0.1, -0.05) is 122 Å². The molecule has 2 heterocycles. The van der Waals surface area contributed by atoms with Crippen molar-refractivity contribution in [2.24, 2.45) is 0 Å². The van der Waals surface area contributed by atoms with Crippen LogP contribution in [-0.4, -0.2) is 55.7 Å². The lowest BCUT2D eigenvalue weighted by molar-refractivity contribution is -0.494. The van der Waals surface area contributed by atoms with Gasteiger partial charge >= 0.3 is 0 Å². The number of hydrogen-bond donors (Lipinski definition) is 1. The van der Waals surface area contributed by atoms with E-state index in [0.29, 0.717) is 5.75 Å². The number of phenolic OH excluding ortho intramolecular Hbond substituents is 1. The molecular formula is C50H67N4O+. The average molecular weight is 740 g/mol. The largest absolute Gasteiger partial charge is 0.508 e. The number of benzene rings is 3. The first-order valence-corrected chi connectivity index (χ1v) is 21.1. The molecule has 5 nitrogen and oxygen atoms in total. The minimum Gasteiger partial charge on any atom is -0.508 e. The van der Waals surface area contributed by atoms with Gasteiger partial charge in [0.25, 0.3) is 0 Å². The van der Waals surface area contributed by atoms with E-state index >= 15 is 0 Å². The molecule has 1 saturated carbocycles. The van der Waals surface area contributed by atoms with Gasteiger partial charge in [-0.25, -0.2) is 4.58 Å². The lowest BCUT2D eigenvalue weighted by Crippen LogP contribution is -2.32. The van der Waals surface area contributed by atoms with E-state index in [1.54, 1.807) is 6.07 Å². The molecule has 0 unspecified atom stereocenters. The number of nitrogens with zero attached hydrogens (tertiary/aromatic N) is 4. The summed E-state index contributed by atoms with van der Waals surface area (Å²) in [6, 6.07) is 25.7. The van der Waals surface area contributed by atoms with Crippen molar-refractivity contribution in [3.05, 3.63) is 131 Å². The van der Waals surface area contributed by atoms with E-state index < -0.39 is 0 Å². The first-order valence-electron chi connectivity index (χ1n) is 21.1. The maximum absolute atomic E-state index is 10.2. The van der Waals surface area contributed by atoms with Gasteiger partial charge in [-0.3, -0.25) is 0 Å². The number of likely N-dealkylation sites (N-methyl/N-ethyl adjacent to an activating group) is 2. The van der Waals surface area contributed by atoms with Crippen LogP contribution in [-0.2, 0) is 10.8 Å². The van der Waals surface area contributed by atoms with Crippen LogP contribution in [0.25, 0.3) is 0 Å². The highest BCUT2D eigenvalue weighted by atomic mass is 16.3. The Morgan fingerprint density at radius 1 is 0.691 bits per heavy atom. The smallest absolute Gasteiger partial charge is 0.206 e. The van der Waals surface area contributed by atoms with Gasteiger partial charge in [0.1, 0.15) is 12.8 Å². The Bertz CT molecular complexity index is 1870. The van der Waals surface area contributed by atoms with Gasteiger partial charge in [0.05, 0.1) is 6.54 Å². The monoisotopic (exact) mass is 740 g/mol. The fourth-order valence-corrected chi connectivity index (χ4v) is 9.16. The number of aromatic hydroxyl groups is 1. The number of rotatable bonds is 14. The van der Waals surface area contributed by atoms with Crippen molar-refractivity contribution in [2.75, 3.05) is 55.0 Å². The third kappa shape index (κ3) is 8.52. The zero-order valence-electron chi connectivity index (χ0n) is 35.2. The molecule has 0 saturated heterocycles. The highest BCUT2D eigenvalue weighted by molar-refractivity contribution is 6.10. The SMILES string of the molecule is CCCCCN1/C(=C/C=C2\CCC/C(=C\C=C3\N(CCCCC)c4ccccc4C3(C)C)C2=[N+](C)CCN(C)c2cccc(O)c2)C(C)(C)c2ccccc21. The molecule has 3 aromatic rings. The van der Waals surface area contributed by atoms with Crippen molar-refractivity contribution >= 4 is 22.8 Å². The van der Waals surface area contributed by atoms with Crippen LogP contribution in [0, 0.1) is 0 Å². The highest BCUT2D eigenvalue weighted by Crippen LogP contribution is 2.49. The van der Waals surface area contributed by atoms with Gasteiger partial charge in [0.2, 0.25) is 5.71 Å².